The number of halogens is 1. The average molecular weight is 394 g/mol. The maximum atomic E-state index is 12.7. The fourth-order valence-electron chi connectivity index (χ4n) is 2.80. The lowest BCUT2D eigenvalue weighted by atomic mass is 9.87. The second kappa shape index (κ2) is 7.31. The lowest BCUT2D eigenvalue weighted by Crippen LogP contribution is -2.54. The van der Waals surface area contributed by atoms with Crippen molar-refractivity contribution in [1.29, 1.82) is 0 Å². The third kappa shape index (κ3) is 4.12. The molecule has 1 aliphatic heterocycles. The summed E-state index contributed by atoms with van der Waals surface area (Å²) in [6.45, 7) is 7.44. The molecule has 0 unspecified atom stereocenters. The van der Waals surface area contributed by atoms with Crippen LogP contribution in [0.2, 0.25) is 5.02 Å². The standard InChI is InChI=1S/C20H24ClNO3S/c1-20(2,3)16-8-10-18(11-9-16)26(23,24)22-12-17(13-22)25-14-15-6-4-5-7-19(15)21/h4-11,17H,12-14H2,1-3H3. The number of sulfonamides is 1. The van der Waals surface area contributed by atoms with Crippen molar-refractivity contribution in [3.05, 3.63) is 64.7 Å². The highest BCUT2D eigenvalue weighted by atomic mass is 35.5. The van der Waals surface area contributed by atoms with Crippen LogP contribution in [0, 0.1) is 0 Å². The normalized spacial score (nSPS) is 16.5. The molecule has 0 aliphatic carbocycles. The second-order valence-electron chi connectivity index (χ2n) is 7.62. The van der Waals surface area contributed by atoms with Crippen molar-refractivity contribution in [3.8, 4) is 0 Å². The summed E-state index contributed by atoms with van der Waals surface area (Å²) in [5, 5.41) is 0.662. The van der Waals surface area contributed by atoms with Crippen molar-refractivity contribution in [1.82, 2.24) is 4.31 Å². The number of hydrogen-bond donors (Lipinski definition) is 0. The van der Waals surface area contributed by atoms with E-state index in [0.717, 1.165) is 11.1 Å². The molecule has 1 heterocycles. The summed E-state index contributed by atoms with van der Waals surface area (Å²) >= 11 is 6.11. The van der Waals surface area contributed by atoms with Gasteiger partial charge in [-0.1, -0.05) is 62.7 Å². The molecule has 3 rings (SSSR count). The summed E-state index contributed by atoms with van der Waals surface area (Å²) in [5.74, 6) is 0. The molecule has 0 atom stereocenters. The van der Waals surface area contributed by atoms with Crippen LogP contribution in [0.4, 0.5) is 0 Å². The zero-order valence-electron chi connectivity index (χ0n) is 15.3. The molecule has 1 fully saturated rings. The fraction of sp³-hybridized carbons (Fsp3) is 0.400. The van der Waals surface area contributed by atoms with E-state index >= 15 is 0 Å². The first kappa shape index (κ1) is 19.4. The summed E-state index contributed by atoms with van der Waals surface area (Å²) in [5.41, 5.74) is 2.02. The Hall–Kier alpha value is -1.40. The summed E-state index contributed by atoms with van der Waals surface area (Å²) in [6.07, 6.45) is -0.102. The van der Waals surface area contributed by atoms with Crippen molar-refractivity contribution in [2.45, 2.75) is 43.8 Å². The monoisotopic (exact) mass is 393 g/mol. The van der Waals surface area contributed by atoms with Gasteiger partial charge in [0.15, 0.2) is 0 Å². The minimum Gasteiger partial charge on any atom is -0.371 e. The summed E-state index contributed by atoms with van der Waals surface area (Å²) in [6, 6.07) is 14.7. The van der Waals surface area contributed by atoms with Crippen molar-refractivity contribution >= 4 is 21.6 Å². The van der Waals surface area contributed by atoms with Gasteiger partial charge < -0.3 is 4.74 Å². The molecule has 2 aromatic carbocycles. The van der Waals surface area contributed by atoms with Crippen LogP contribution in [0.3, 0.4) is 0 Å². The van der Waals surface area contributed by atoms with Gasteiger partial charge in [0.25, 0.3) is 0 Å². The summed E-state index contributed by atoms with van der Waals surface area (Å²) < 4.78 is 32.6. The second-order valence-corrected chi connectivity index (χ2v) is 9.97. The lowest BCUT2D eigenvalue weighted by molar-refractivity contribution is -0.0295. The predicted molar refractivity (Wildman–Crippen MR) is 104 cm³/mol. The highest BCUT2D eigenvalue weighted by molar-refractivity contribution is 7.89. The number of hydrogen-bond acceptors (Lipinski definition) is 3. The maximum absolute atomic E-state index is 12.7. The van der Waals surface area contributed by atoms with Gasteiger partial charge in [-0.3, -0.25) is 0 Å². The number of nitrogens with zero attached hydrogens (tertiary/aromatic N) is 1. The van der Waals surface area contributed by atoms with Gasteiger partial charge in [0.1, 0.15) is 0 Å². The first-order chi connectivity index (χ1) is 12.2. The number of rotatable bonds is 5. The van der Waals surface area contributed by atoms with Crippen LogP contribution in [0.25, 0.3) is 0 Å². The van der Waals surface area contributed by atoms with E-state index in [1.54, 1.807) is 12.1 Å². The lowest BCUT2D eigenvalue weighted by Gasteiger charge is -2.37. The van der Waals surface area contributed by atoms with E-state index in [9.17, 15) is 8.42 Å². The molecule has 0 bridgehead atoms. The number of benzene rings is 2. The molecule has 4 nitrogen and oxygen atoms in total. The SMILES string of the molecule is CC(C)(C)c1ccc(S(=O)(=O)N2CC(OCc3ccccc3Cl)C2)cc1. The zero-order valence-corrected chi connectivity index (χ0v) is 16.8. The van der Waals surface area contributed by atoms with E-state index in [1.165, 1.54) is 4.31 Å². The Morgan fingerprint density at radius 2 is 1.69 bits per heavy atom. The molecule has 0 amide bonds. The molecule has 1 aliphatic rings. The van der Waals surface area contributed by atoms with Crippen molar-refractivity contribution in [2.24, 2.45) is 0 Å². The molecule has 0 aromatic heterocycles. The third-order valence-corrected chi connectivity index (χ3v) is 6.82. The molecular formula is C20H24ClNO3S. The van der Waals surface area contributed by atoms with Gasteiger partial charge in [0.05, 0.1) is 17.6 Å². The Bertz CT molecular complexity index is 867. The maximum Gasteiger partial charge on any atom is 0.243 e. The van der Waals surface area contributed by atoms with E-state index in [2.05, 4.69) is 20.8 Å². The Labute approximate surface area is 160 Å². The van der Waals surface area contributed by atoms with Crippen LogP contribution in [0.1, 0.15) is 31.9 Å². The van der Waals surface area contributed by atoms with E-state index in [-0.39, 0.29) is 11.5 Å². The van der Waals surface area contributed by atoms with Crippen LogP contribution in [-0.2, 0) is 26.8 Å². The first-order valence-electron chi connectivity index (χ1n) is 8.63. The van der Waals surface area contributed by atoms with E-state index in [0.29, 0.717) is 29.6 Å². The number of ether oxygens (including phenoxy) is 1. The molecule has 2 aromatic rings. The highest BCUT2D eigenvalue weighted by Crippen LogP contribution is 2.27. The molecule has 0 spiro atoms. The average Bonchev–Trinajstić information content (AvgIpc) is 2.54. The van der Waals surface area contributed by atoms with Gasteiger partial charge in [-0.15, -0.1) is 0 Å². The smallest absolute Gasteiger partial charge is 0.243 e. The van der Waals surface area contributed by atoms with Gasteiger partial charge in [0.2, 0.25) is 10.0 Å². The Morgan fingerprint density at radius 1 is 1.08 bits per heavy atom. The van der Waals surface area contributed by atoms with Crippen molar-refractivity contribution in [3.63, 3.8) is 0 Å². The van der Waals surface area contributed by atoms with E-state index < -0.39 is 10.0 Å². The fourth-order valence-corrected chi connectivity index (χ4v) is 4.49. The van der Waals surface area contributed by atoms with Gasteiger partial charge in [-0.05, 0) is 34.7 Å². The molecular weight excluding hydrogens is 370 g/mol. The summed E-state index contributed by atoms with van der Waals surface area (Å²) in [7, 11) is -3.46. The Morgan fingerprint density at radius 3 is 2.27 bits per heavy atom. The van der Waals surface area contributed by atoms with Crippen molar-refractivity contribution < 1.29 is 13.2 Å². The topological polar surface area (TPSA) is 46.6 Å². The summed E-state index contributed by atoms with van der Waals surface area (Å²) in [4.78, 5) is 0.329. The third-order valence-electron chi connectivity index (χ3n) is 4.61. The Kier molecular flexibility index (Phi) is 5.45. The molecule has 0 N–H and O–H groups in total. The minimum atomic E-state index is -3.46. The van der Waals surface area contributed by atoms with Crippen LogP contribution in [-0.4, -0.2) is 31.9 Å². The van der Waals surface area contributed by atoms with Gasteiger partial charge in [-0.2, -0.15) is 4.31 Å². The zero-order chi connectivity index (χ0) is 18.9. The largest absolute Gasteiger partial charge is 0.371 e. The highest BCUT2D eigenvalue weighted by Gasteiger charge is 2.37. The molecule has 140 valence electrons. The predicted octanol–water partition coefficient (Wildman–Crippen LogP) is 4.23. The van der Waals surface area contributed by atoms with Gasteiger partial charge in [-0.25, -0.2) is 8.42 Å². The van der Waals surface area contributed by atoms with Crippen LogP contribution in [0.15, 0.2) is 53.4 Å². The van der Waals surface area contributed by atoms with Crippen LogP contribution in [0.5, 0.6) is 0 Å². The molecule has 6 heteroatoms. The van der Waals surface area contributed by atoms with E-state index in [1.807, 2.05) is 36.4 Å². The van der Waals surface area contributed by atoms with Crippen molar-refractivity contribution in [2.75, 3.05) is 13.1 Å². The first-order valence-corrected chi connectivity index (χ1v) is 10.5. The molecule has 0 saturated carbocycles. The van der Waals surface area contributed by atoms with Crippen LogP contribution < -0.4 is 0 Å². The van der Waals surface area contributed by atoms with Crippen LogP contribution >= 0.6 is 11.6 Å². The molecule has 1 saturated heterocycles. The molecule has 0 radical (unpaired) electrons. The quantitative estimate of drug-likeness (QED) is 0.763. The Balaban J connectivity index is 1.58. The minimum absolute atomic E-state index is 0.00328. The van der Waals surface area contributed by atoms with Gasteiger partial charge in [0, 0.05) is 18.1 Å². The van der Waals surface area contributed by atoms with Gasteiger partial charge >= 0.3 is 0 Å². The molecule has 26 heavy (non-hydrogen) atoms. The van der Waals surface area contributed by atoms with E-state index in [4.69, 9.17) is 16.3 Å².